The van der Waals surface area contributed by atoms with E-state index in [9.17, 15) is 28.0 Å². The third-order valence-electron chi connectivity index (χ3n) is 2.11. The number of nitro groups is 1. The summed E-state index contributed by atoms with van der Waals surface area (Å²) in [6.45, 7) is 2.37. The highest BCUT2D eigenvalue weighted by Gasteiger charge is 2.24. The third kappa shape index (κ3) is 4.23. The van der Waals surface area contributed by atoms with E-state index in [2.05, 4.69) is 0 Å². The van der Waals surface area contributed by atoms with Gasteiger partial charge in [0.15, 0.2) is 0 Å². The molecule has 0 unspecified atom stereocenters. The number of halogens is 1. The van der Waals surface area contributed by atoms with E-state index in [1.54, 1.807) is 0 Å². The van der Waals surface area contributed by atoms with Crippen LogP contribution in [-0.2, 0) is 10.0 Å². The summed E-state index contributed by atoms with van der Waals surface area (Å²) < 4.78 is 39.0. The third-order valence-corrected chi connectivity index (χ3v) is 3.53. The Bertz CT molecular complexity index is 594. The summed E-state index contributed by atoms with van der Waals surface area (Å²) in [4.78, 5) is 8.88. The van der Waals surface area contributed by atoms with Gasteiger partial charge < -0.3 is 5.11 Å². The van der Waals surface area contributed by atoms with Gasteiger partial charge in [-0.2, -0.15) is 0 Å². The Balaban J connectivity index is 3.14. The minimum atomic E-state index is -4.27. The highest BCUT2D eigenvalue weighted by atomic mass is 32.2. The molecule has 0 aliphatic rings. The number of hydrogen-bond donors (Lipinski definition) is 2. The van der Waals surface area contributed by atoms with E-state index in [0.717, 1.165) is 6.07 Å². The van der Waals surface area contributed by atoms with Crippen LogP contribution in [0.2, 0.25) is 0 Å². The molecule has 1 aromatic carbocycles. The maximum atomic E-state index is 13.4. The standard InChI is InChI=1S/C10H13FN2O5S/c1-10(2,14)6-12-19(17,18)9-5-7(13(15)16)3-4-8(9)11/h3-5,12,14H,6H2,1-2H3. The summed E-state index contributed by atoms with van der Waals surface area (Å²) in [5.41, 5.74) is -1.87. The fraction of sp³-hybridized carbons (Fsp3) is 0.400. The zero-order chi connectivity index (χ0) is 14.8. The molecule has 0 radical (unpaired) electrons. The Morgan fingerprint density at radius 1 is 1.47 bits per heavy atom. The van der Waals surface area contributed by atoms with Crippen LogP contribution in [-0.4, -0.2) is 30.6 Å². The van der Waals surface area contributed by atoms with Gasteiger partial charge in [0, 0.05) is 18.7 Å². The normalized spacial score (nSPS) is 12.4. The van der Waals surface area contributed by atoms with Crippen molar-refractivity contribution in [1.82, 2.24) is 4.72 Å². The zero-order valence-corrected chi connectivity index (χ0v) is 11.1. The van der Waals surface area contributed by atoms with Crippen molar-refractivity contribution >= 4 is 15.7 Å². The number of benzene rings is 1. The Morgan fingerprint density at radius 2 is 2.05 bits per heavy atom. The Kier molecular flexibility index (Phi) is 4.23. The van der Waals surface area contributed by atoms with Crippen LogP contribution in [0.25, 0.3) is 0 Å². The van der Waals surface area contributed by atoms with Crippen molar-refractivity contribution in [1.29, 1.82) is 0 Å². The predicted molar refractivity (Wildman–Crippen MR) is 64.5 cm³/mol. The predicted octanol–water partition coefficient (Wildman–Crippen LogP) is 0.783. The quantitative estimate of drug-likeness (QED) is 0.615. The van der Waals surface area contributed by atoms with Crippen molar-refractivity contribution in [3.63, 3.8) is 0 Å². The molecular weight excluding hydrogens is 279 g/mol. The molecule has 0 spiro atoms. The molecule has 0 fully saturated rings. The minimum absolute atomic E-state index is 0.350. The number of aliphatic hydroxyl groups is 1. The van der Waals surface area contributed by atoms with Gasteiger partial charge in [0.05, 0.1) is 10.5 Å². The smallest absolute Gasteiger partial charge is 0.270 e. The highest BCUT2D eigenvalue weighted by molar-refractivity contribution is 7.89. The molecule has 106 valence electrons. The number of nitrogens with zero attached hydrogens (tertiary/aromatic N) is 1. The van der Waals surface area contributed by atoms with Gasteiger partial charge in [-0.3, -0.25) is 10.1 Å². The first-order chi connectivity index (χ1) is 8.53. The van der Waals surface area contributed by atoms with Crippen molar-refractivity contribution in [3.8, 4) is 0 Å². The molecule has 0 atom stereocenters. The van der Waals surface area contributed by atoms with Crippen molar-refractivity contribution < 1.29 is 22.8 Å². The molecule has 0 heterocycles. The van der Waals surface area contributed by atoms with Gasteiger partial charge in [-0.25, -0.2) is 17.5 Å². The first-order valence-electron chi connectivity index (χ1n) is 5.19. The Hall–Kier alpha value is -1.58. The van der Waals surface area contributed by atoms with Crippen LogP contribution in [0.15, 0.2) is 23.1 Å². The SMILES string of the molecule is CC(C)(O)CNS(=O)(=O)c1cc([N+](=O)[O-])ccc1F. The Labute approximate surface area is 109 Å². The van der Waals surface area contributed by atoms with Gasteiger partial charge in [0.1, 0.15) is 10.7 Å². The zero-order valence-electron chi connectivity index (χ0n) is 10.3. The van der Waals surface area contributed by atoms with Gasteiger partial charge in [-0.1, -0.05) is 0 Å². The second kappa shape index (κ2) is 5.19. The molecule has 0 aromatic heterocycles. The van der Waals surface area contributed by atoms with E-state index < -0.39 is 36.9 Å². The van der Waals surface area contributed by atoms with Crippen molar-refractivity contribution in [2.24, 2.45) is 0 Å². The van der Waals surface area contributed by atoms with Gasteiger partial charge >= 0.3 is 0 Å². The summed E-state index contributed by atoms with van der Waals surface area (Å²) >= 11 is 0. The van der Waals surface area contributed by atoms with Crippen molar-refractivity contribution in [2.75, 3.05) is 6.54 Å². The number of non-ortho nitro benzene ring substituents is 1. The average Bonchev–Trinajstić information content (AvgIpc) is 2.25. The van der Waals surface area contributed by atoms with Crippen LogP contribution in [0.1, 0.15) is 13.8 Å². The minimum Gasteiger partial charge on any atom is -0.389 e. The summed E-state index contributed by atoms with van der Waals surface area (Å²) in [5.74, 6) is -1.10. The first kappa shape index (κ1) is 15.5. The molecule has 1 rings (SSSR count). The lowest BCUT2D eigenvalue weighted by Gasteiger charge is -2.17. The molecule has 0 aliphatic heterocycles. The first-order valence-corrected chi connectivity index (χ1v) is 6.67. The maximum Gasteiger partial charge on any atom is 0.270 e. The number of rotatable bonds is 5. The molecule has 1 aromatic rings. The summed E-state index contributed by atoms with van der Waals surface area (Å²) in [6.07, 6.45) is 0. The van der Waals surface area contributed by atoms with E-state index in [-0.39, 0.29) is 6.54 Å². The molecular formula is C10H13FN2O5S. The number of nitrogens with one attached hydrogen (secondary N) is 1. The highest BCUT2D eigenvalue weighted by Crippen LogP contribution is 2.21. The number of hydrogen-bond acceptors (Lipinski definition) is 5. The lowest BCUT2D eigenvalue weighted by Crippen LogP contribution is -2.38. The van der Waals surface area contributed by atoms with E-state index >= 15 is 0 Å². The van der Waals surface area contributed by atoms with Gasteiger partial charge in [-0.15, -0.1) is 0 Å². The molecule has 9 heteroatoms. The van der Waals surface area contributed by atoms with E-state index in [0.29, 0.717) is 12.1 Å². The fourth-order valence-corrected chi connectivity index (χ4v) is 2.46. The van der Waals surface area contributed by atoms with Crippen molar-refractivity contribution in [2.45, 2.75) is 24.3 Å². The molecule has 0 saturated carbocycles. The van der Waals surface area contributed by atoms with E-state index in [1.165, 1.54) is 13.8 Å². The van der Waals surface area contributed by atoms with E-state index in [1.807, 2.05) is 4.72 Å². The topological polar surface area (TPSA) is 110 Å². The second-order valence-corrected chi connectivity index (χ2v) is 6.24. The number of nitro benzene ring substituents is 1. The monoisotopic (exact) mass is 292 g/mol. The van der Waals surface area contributed by atoms with Crippen LogP contribution in [0.3, 0.4) is 0 Å². The van der Waals surface area contributed by atoms with Gasteiger partial charge in [0.2, 0.25) is 10.0 Å². The van der Waals surface area contributed by atoms with Gasteiger partial charge in [0.25, 0.3) is 5.69 Å². The maximum absolute atomic E-state index is 13.4. The molecule has 0 amide bonds. The lowest BCUT2D eigenvalue weighted by atomic mass is 10.1. The fourth-order valence-electron chi connectivity index (χ4n) is 1.16. The van der Waals surface area contributed by atoms with Crippen LogP contribution < -0.4 is 4.72 Å². The molecule has 0 aliphatic carbocycles. The second-order valence-electron chi connectivity index (χ2n) is 4.51. The molecule has 7 nitrogen and oxygen atoms in total. The van der Waals surface area contributed by atoms with Crippen molar-refractivity contribution in [3.05, 3.63) is 34.1 Å². The van der Waals surface area contributed by atoms with Crippen LogP contribution in [0.5, 0.6) is 0 Å². The average molecular weight is 292 g/mol. The largest absolute Gasteiger partial charge is 0.389 e. The Morgan fingerprint density at radius 3 is 2.53 bits per heavy atom. The summed E-state index contributed by atoms with van der Waals surface area (Å²) in [5, 5.41) is 19.9. The van der Waals surface area contributed by atoms with Crippen LogP contribution in [0, 0.1) is 15.9 Å². The lowest BCUT2D eigenvalue weighted by molar-refractivity contribution is -0.385. The molecule has 0 saturated heterocycles. The number of sulfonamides is 1. The summed E-state index contributed by atoms with van der Waals surface area (Å²) in [6, 6.07) is 2.20. The van der Waals surface area contributed by atoms with E-state index in [4.69, 9.17) is 0 Å². The van der Waals surface area contributed by atoms with Gasteiger partial charge in [-0.05, 0) is 19.9 Å². The molecule has 19 heavy (non-hydrogen) atoms. The van der Waals surface area contributed by atoms with Crippen LogP contribution >= 0.6 is 0 Å². The molecule has 0 bridgehead atoms. The molecule has 2 N–H and O–H groups in total. The summed E-state index contributed by atoms with van der Waals surface area (Å²) in [7, 11) is -4.27. The van der Waals surface area contributed by atoms with Crippen LogP contribution in [0.4, 0.5) is 10.1 Å².